The maximum absolute atomic E-state index is 12.0. The van der Waals surface area contributed by atoms with E-state index in [2.05, 4.69) is 17.9 Å². The molecule has 31 heavy (non-hydrogen) atoms. The molecule has 0 aromatic heterocycles. The number of amides is 2. The molecule has 0 saturated heterocycles. The third kappa shape index (κ3) is 8.31. The number of hydrogen-bond donors (Lipinski definition) is 5. The van der Waals surface area contributed by atoms with Gasteiger partial charge in [-0.25, -0.2) is 4.79 Å². The number of ketones is 2. The average Bonchev–Trinajstić information content (AvgIpc) is 3.57. The molecule has 1 aromatic rings. The van der Waals surface area contributed by atoms with Crippen molar-refractivity contribution in [3.05, 3.63) is 29.8 Å². The zero-order valence-corrected chi connectivity index (χ0v) is 18.2. The Morgan fingerprint density at radius 2 is 1.74 bits per heavy atom. The Morgan fingerprint density at radius 1 is 1.10 bits per heavy atom. The summed E-state index contributed by atoms with van der Waals surface area (Å²) < 4.78 is 5.18. The van der Waals surface area contributed by atoms with Gasteiger partial charge in [0.05, 0.1) is 18.0 Å². The molecule has 170 valence electrons. The Hall–Kier alpha value is -2.43. The number of carbonyl (C=O) groups is 4. The first-order chi connectivity index (χ1) is 14.7. The van der Waals surface area contributed by atoms with Gasteiger partial charge in [-0.1, -0.05) is 12.1 Å². The van der Waals surface area contributed by atoms with Crippen LogP contribution in [0.2, 0.25) is 0 Å². The lowest BCUT2D eigenvalue weighted by Gasteiger charge is -2.14. The van der Waals surface area contributed by atoms with Gasteiger partial charge in [0.15, 0.2) is 5.78 Å². The van der Waals surface area contributed by atoms with Gasteiger partial charge in [0.2, 0.25) is 5.91 Å². The summed E-state index contributed by atoms with van der Waals surface area (Å²) >= 11 is 4.00. The number of nitrogens with two attached hydrogens (primary N) is 3. The fraction of sp³-hybridized carbons (Fsp3) is 0.524. The van der Waals surface area contributed by atoms with Crippen LogP contribution in [0.5, 0.6) is 5.75 Å². The molecule has 0 unspecified atom stereocenters. The van der Waals surface area contributed by atoms with E-state index in [1.165, 1.54) is 0 Å². The number of benzene rings is 1. The molecular formula is C21H30N4O5S. The summed E-state index contributed by atoms with van der Waals surface area (Å²) in [5.41, 5.74) is 17.8. The Kier molecular flexibility index (Phi) is 9.47. The van der Waals surface area contributed by atoms with Crippen LogP contribution in [0, 0.1) is 11.8 Å². The van der Waals surface area contributed by atoms with Crippen molar-refractivity contribution in [2.24, 2.45) is 29.0 Å². The Morgan fingerprint density at radius 3 is 2.29 bits per heavy atom. The number of ether oxygens (including phenoxy) is 1. The molecule has 0 bridgehead atoms. The van der Waals surface area contributed by atoms with Gasteiger partial charge in [0, 0.05) is 24.6 Å². The van der Waals surface area contributed by atoms with Gasteiger partial charge >= 0.3 is 6.09 Å². The number of thiol groups is 1. The van der Waals surface area contributed by atoms with Gasteiger partial charge in [0.1, 0.15) is 11.5 Å². The highest BCUT2D eigenvalue weighted by Crippen LogP contribution is 2.31. The second-order valence-corrected chi connectivity index (χ2v) is 8.16. The van der Waals surface area contributed by atoms with E-state index < -0.39 is 30.0 Å². The first-order valence-electron chi connectivity index (χ1n) is 10.2. The van der Waals surface area contributed by atoms with Crippen LogP contribution in [0.15, 0.2) is 24.3 Å². The van der Waals surface area contributed by atoms with Crippen LogP contribution in [0.1, 0.15) is 31.2 Å². The van der Waals surface area contributed by atoms with Crippen molar-refractivity contribution in [1.82, 2.24) is 5.32 Å². The van der Waals surface area contributed by atoms with Crippen molar-refractivity contribution in [2.75, 3.05) is 12.3 Å². The first kappa shape index (κ1) is 24.8. The van der Waals surface area contributed by atoms with Gasteiger partial charge in [-0.15, -0.1) is 0 Å². The maximum Gasteiger partial charge on any atom is 0.412 e. The third-order valence-corrected chi connectivity index (χ3v) is 5.58. The summed E-state index contributed by atoms with van der Waals surface area (Å²) in [4.78, 5) is 47.1. The highest BCUT2D eigenvalue weighted by Gasteiger charge is 2.33. The van der Waals surface area contributed by atoms with Crippen molar-refractivity contribution in [2.45, 2.75) is 44.2 Å². The maximum atomic E-state index is 12.0. The lowest BCUT2D eigenvalue weighted by molar-refractivity contribution is -0.127. The van der Waals surface area contributed by atoms with E-state index in [9.17, 15) is 19.2 Å². The van der Waals surface area contributed by atoms with Crippen molar-refractivity contribution < 1.29 is 23.9 Å². The van der Waals surface area contributed by atoms with Crippen LogP contribution in [0.25, 0.3) is 0 Å². The molecule has 0 spiro atoms. The Bertz CT molecular complexity index is 797. The second kappa shape index (κ2) is 11.8. The molecule has 1 aliphatic rings. The topological polar surface area (TPSA) is 168 Å². The molecule has 1 fully saturated rings. The molecule has 2 amide bonds. The van der Waals surface area contributed by atoms with Crippen LogP contribution < -0.4 is 27.3 Å². The summed E-state index contributed by atoms with van der Waals surface area (Å²) in [7, 11) is 0. The quantitative estimate of drug-likeness (QED) is 0.270. The molecule has 0 aliphatic heterocycles. The second-order valence-electron chi connectivity index (χ2n) is 7.79. The molecule has 0 heterocycles. The van der Waals surface area contributed by atoms with Gasteiger partial charge in [0.25, 0.3) is 0 Å². The Labute approximate surface area is 186 Å². The molecule has 10 heteroatoms. The predicted octanol–water partition coefficient (Wildman–Crippen LogP) is 0.332. The standard InChI is InChI=1S/C21H30N4O5S/c22-16(18(26)10-14(11-31)20(24)28)7-8-25-21(29)30-15-5-1-12(2-6-15)9-17(23)19(27)13-3-4-13/h1-2,5-6,13-14,16-17,31H,3-4,7-11,22-23H2,(H2,24,28)(H,25,29)/t14-,16-,17-/m0/s1. The van der Waals surface area contributed by atoms with E-state index in [4.69, 9.17) is 21.9 Å². The average molecular weight is 451 g/mol. The van der Waals surface area contributed by atoms with Gasteiger partial charge < -0.3 is 27.3 Å². The van der Waals surface area contributed by atoms with Crippen LogP contribution in [0.4, 0.5) is 4.79 Å². The van der Waals surface area contributed by atoms with Crippen LogP contribution in [-0.4, -0.2) is 47.9 Å². The van der Waals surface area contributed by atoms with E-state index in [1.807, 2.05) is 0 Å². The number of primary amides is 1. The molecule has 3 atom stereocenters. The van der Waals surface area contributed by atoms with E-state index >= 15 is 0 Å². The molecular weight excluding hydrogens is 420 g/mol. The van der Waals surface area contributed by atoms with E-state index in [0.717, 1.165) is 18.4 Å². The highest BCUT2D eigenvalue weighted by molar-refractivity contribution is 7.80. The first-order valence-corrected chi connectivity index (χ1v) is 10.9. The summed E-state index contributed by atoms with van der Waals surface area (Å²) in [5.74, 6) is -0.850. The Balaban J connectivity index is 1.70. The van der Waals surface area contributed by atoms with Crippen molar-refractivity contribution in [3.8, 4) is 5.75 Å². The van der Waals surface area contributed by atoms with Crippen LogP contribution in [-0.2, 0) is 20.8 Å². The van der Waals surface area contributed by atoms with Crippen LogP contribution in [0.3, 0.4) is 0 Å². The van der Waals surface area contributed by atoms with Crippen LogP contribution >= 0.6 is 12.6 Å². The highest BCUT2D eigenvalue weighted by atomic mass is 32.1. The van der Waals surface area contributed by atoms with Gasteiger partial charge in [-0.05, 0) is 43.4 Å². The number of hydrogen-bond acceptors (Lipinski definition) is 8. The number of rotatable bonds is 13. The SMILES string of the molecule is NC(=O)[C@H](CS)CC(=O)[C@@H](N)CCNC(=O)Oc1ccc(C[C@H](N)C(=O)C2CC2)cc1. The summed E-state index contributed by atoms with van der Waals surface area (Å²) in [5, 5.41) is 2.52. The smallest absolute Gasteiger partial charge is 0.410 e. The lowest BCUT2D eigenvalue weighted by Crippen LogP contribution is -2.38. The monoisotopic (exact) mass is 450 g/mol. The van der Waals surface area contributed by atoms with Crippen molar-refractivity contribution in [1.29, 1.82) is 0 Å². The minimum absolute atomic E-state index is 0.0767. The summed E-state index contributed by atoms with van der Waals surface area (Å²) in [6.07, 6.45) is 1.73. The van der Waals surface area contributed by atoms with Crippen molar-refractivity contribution >= 4 is 36.2 Å². The lowest BCUT2D eigenvalue weighted by atomic mass is 9.98. The molecule has 1 aromatic carbocycles. The van der Waals surface area contributed by atoms with Gasteiger partial charge in [-0.2, -0.15) is 12.6 Å². The molecule has 1 saturated carbocycles. The summed E-state index contributed by atoms with van der Waals surface area (Å²) in [6, 6.07) is 5.42. The predicted molar refractivity (Wildman–Crippen MR) is 119 cm³/mol. The molecule has 2 rings (SSSR count). The number of nitrogens with one attached hydrogen (secondary N) is 1. The fourth-order valence-electron chi connectivity index (χ4n) is 3.00. The van der Waals surface area contributed by atoms with Gasteiger partial charge in [-0.3, -0.25) is 14.4 Å². The summed E-state index contributed by atoms with van der Waals surface area (Å²) in [6.45, 7) is 0.129. The number of Topliss-reactive ketones (excluding diaryl/α,β-unsaturated/α-hetero) is 2. The normalized spacial score (nSPS) is 16.1. The number of carbonyl (C=O) groups excluding carboxylic acids is 4. The molecule has 7 N–H and O–H groups in total. The van der Waals surface area contributed by atoms with E-state index in [0.29, 0.717) is 12.2 Å². The zero-order valence-electron chi connectivity index (χ0n) is 17.3. The molecule has 9 nitrogen and oxygen atoms in total. The largest absolute Gasteiger partial charge is 0.412 e. The van der Waals surface area contributed by atoms with E-state index in [-0.39, 0.29) is 42.6 Å². The minimum Gasteiger partial charge on any atom is -0.410 e. The third-order valence-electron chi connectivity index (χ3n) is 5.14. The fourth-order valence-corrected chi connectivity index (χ4v) is 3.31. The van der Waals surface area contributed by atoms with Crippen molar-refractivity contribution in [3.63, 3.8) is 0 Å². The van der Waals surface area contributed by atoms with E-state index in [1.54, 1.807) is 24.3 Å². The zero-order chi connectivity index (χ0) is 23.0. The molecule has 0 radical (unpaired) electrons. The molecule has 1 aliphatic carbocycles. The minimum atomic E-state index is -0.830.